The summed E-state index contributed by atoms with van der Waals surface area (Å²) in [5.74, 6) is 0.295. The van der Waals surface area contributed by atoms with Crippen LogP contribution in [0, 0.1) is 0 Å². The molecule has 1 amide bonds. The lowest BCUT2D eigenvalue weighted by Gasteiger charge is -2.18. The summed E-state index contributed by atoms with van der Waals surface area (Å²) in [5, 5.41) is 2.83. The lowest BCUT2D eigenvalue weighted by atomic mass is 9.94. The number of sulfonamides is 1. The monoisotopic (exact) mass is 438 g/mol. The van der Waals surface area contributed by atoms with Gasteiger partial charge in [-0.2, -0.15) is 0 Å². The van der Waals surface area contributed by atoms with Crippen LogP contribution in [0.4, 0.5) is 5.82 Å². The number of aromatic nitrogens is 1. The van der Waals surface area contributed by atoms with Gasteiger partial charge in [0.05, 0.1) is 4.91 Å². The van der Waals surface area contributed by atoms with Crippen LogP contribution in [0.1, 0.15) is 35.3 Å². The average molecular weight is 439 g/mol. The molecule has 162 valence electrons. The minimum atomic E-state index is -3.56. The summed E-state index contributed by atoms with van der Waals surface area (Å²) >= 11 is 0. The quantitative estimate of drug-likeness (QED) is 0.575. The second kappa shape index (κ2) is 9.28. The summed E-state index contributed by atoms with van der Waals surface area (Å²) in [4.78, 5) is 16.4. The molecule has 0 atom stereocenters. The predicted octanol–water partition coefficient (Wildman–Crippen LogP) is 3.03. The maximum atomic E-state index is 12.2. The second-order valence-electron chi connectivity index (χ2n) is 7.09. The topological polar surface area (TPSA) is 114 Å². The Labute approximate surface area is 182 Å². The molecular weight excluding hydrogens is 412 g/mol. The van der Waals surface area contributed by atoms with E-state index in [2.05, 4.69) is 21.6 Å². The van der Waals surface area contributed by atoms with E-state index >= 15 is 0 Å². The molecule has 4 N–H and O–H groups in total. The van der Waals surface area contributed by atoms with Gasteiger partial charge in [-0.25, -0.2) is 18.1 Å². The highest BCUT2D eigenvalue weighted by molar-refractivity contribution is 7.93. The van der Waals surface area contributed by atoms with Crippen molar-refractivity contribution >= 4 is 27.3 Å². The number of nitrogen functional groups attached to an aromatic ring is 1. The lowest BCUT2D eigenvalue weighted by molar-refractivity contribution is 0.0946. The molecule has 1 aromatic carbocycles. The maximum absolute atomic E-state index is 12.2. The molecule has 2 heterocycles. The Morgan fingerprint density at radius 1 is 1.29 bits per heavy atom. The van der Waals surface area contributed by atoms with Gasteiger partial charge in [0.1, 0.15) is 5.82 Å². The van der Waals surface area contributed by atoms with Crippen molar-refractivity contribution in [3.05, 3.63) is 76.9 Å². The number of hydrogen-bond acceptors (Lipinski definition) is 5. The third kappa shape index (κ3) is 4.92. The Bertz CT molecular complexity index is 1200. The summed E-state index contributed by atoms with van der Waals surface area (Å²) in [6.45, 7) is 8.34. The fourth-order valence-corrected chi connectivity index (χ4v) is 4.48. The van der Waals surface area contributed by atoms with Gasteiger partial charge in [0, 0.05) is 36.0 Å². The van der Waals surface area contributed by atoms with Crippen molar-refractivity contribution in [1.29, 1.82) is 0 Å². The molecule has 0 unspecified atom stereocenters. The molecule has 0 saturated carbocycles. The zero-order valence-corrected chi connectivity index (χ0v) is 18.4. The van der Waals surface area contributed by atoms with E-state index in [0.29, 0.717) is 35.6 Å². The SMILES string of the molecule is C=C(/C=C\C(=C/C)S(=O)(=O)NCC)c1cnc(N)c(-c2ccc3c(c2)CCNC3=O)c1. The van der Waals surface area contributed by atoms with Gasteiger partial charge in [-0.3, -0.25) is 4.79 Å². The maximum Gasteiger partial charge on any atom is 0.251 e. The molecule has 0 spiro atoms. The second-order valence-corrected chi connectivity index (χ2v) is 8.85. The molecular formula is C23H26N4O3S. The number of carbonyl (C=O) groups excluding carboxylic acids is 1. The van der Waals surface area contributed by atoms with E-state index in [1.165, 1.54) is 12.2 Å². The standard InChI is InChI=1S/C23H26N4O3S/c1-4-19(31(29,30)27-5-2)8-6-15(3)18-13-21(22(24)26-14-18)16-7-9-20-17(12-16)10-11-25-23(20)28/h4,6-9,12-14,27H,3,5,10-11H2,1-2H3,(H2,24,26)(H,25,28)/b8-6-,19-4+. The Kier molecular flexibility index (Phi) is 6.72. The van der Waals surface area contributed by atoms with E-state index in [9.17, 15) is 13.2 Å². The van der Waals surface area contributed by atoms with Gasteiger partial charge in [-0.15, -0.1) is 0 Å². The van der Waals surface area contributed by atoms with Crippen molar-refractivity contribution < 1.29 is 13.2 Å². The first-order valence-corrected chi connectivity index (χ1v) is 11.5. The molecule has 0 bridgehead atoms. The molecule has 0 aliphatic carbocycles. The van der Waals surface area contributed by atoms with Crippen LogP contribution in [0.15, 0.2) is 60.2 Å². The highest BCUT2D eigenvalue weighted by Crippen LogP contribution is 2.30. The zero-order valence-electron chi connectivity index (χ0n) is 17.6. The molecule has 0 radical (unpaired) electrons. The minimum Gasteiger partial charge on any atom is -0.383 e. The van der Waals surface area contributed by atoms with E-state index in [-0.39, 0.29) is 10.8 Å². The Morgan fingerprint density at radius 2 is 2.06 bits per heavy atom. The number of fused-ring (bicyclic) bond motifs is 1. The van der Waals surface area contributed by atoms with Crippen molar-refractivity contribution in [2.45, 2.75) is 20.3 Å². The third-order valence-electron chi connectivity index (χ3n) is 5.01. The van der Waals surface area contributed by atoms with Crippen molar-refractivity contribution in [1.82, 2.24) is 15.0 Å². The van der Waals surface area contributed by atoms with Gasteiger partial charge in [0.2, 0.25) is 10.0 Å². The molecule has 0 fully saturated rings. The smallest absolute Gasteiger partial charge is 0.251 e. The van der Waals surface area contributed by atoms with Gasteiger partial charge < -0.3 is 11.1 Å². The van der Waals surface area contributed by atoms with Crippen LogP contribution in [-0.4, -0.2) is 32.4 Å². The zero-order chi connectivity index (χ0) is 22.6. The first-order chi connectivity index (χ1) is 14.8. The summed E-state index contributed by atoms with van der Waals surface area (Å²) in [7, 11) is -3.56. The van der Waals surface area contributed by atoms with Crippen molar-refractivity contribution in [2.75, 3.05) is 18.8 Å². The number of anilines is 1. The largest absolute Gasteiger partial charge is 0.383 e. The van der Waals surface area contributed by atoms with Crippen LogP contribution < -0.4 is 15.8 Å². The van der Waals surface area contributed by atoms with Crippen LogP contribution in [-0.2, 0) is 16.4 Å². The molecule has 1 aromatic heterocycles. The number of nitrogens with two attached hydrogens (primary N) is 1. The molecule has 8 heteroatoms. The van der Waals surface area contributed by atoms with Crippen molar-refractivity contribution in [2.24, 2.45) is 0 Å². The van der Waals surface area contributed by atoms with Gasteiger partial charge in [-0.05, 0) is 48.3 Å². The van der Waals surface area contributed by atoms with Crippen LogP contribution >= 0.6 is 0 Å². The van der Waals surface area contributed by atoms with Crippen LogP contribution in [0.25, 0.3) is 16.7 Å². The Balaban J connectivity index is 1.91. The van der Waals surface area contributed by atoms with Gasteiger partial charge >= 0.3 is 0 Å². The molecule has 1 aliphatic heterocycles. The normalized spacial score (nSPS) is 14.4. The van der Waals surface area contributed by atoms with Crippen molar-refractivity contribution in [3.63, 3.8) is 0 Å². The van der Waals surface area contributed by atoms with E-state index in [0.717, 1.165) is 23.1 Å². The number of benzene rings is 1. The van der Waals surface area contributed by atoms with E-state index in [4.69, 9.17) is 5.73 Å². The average Bonchev–Trinajstić information content (AvgIpc) is 2.74. The van der Waals surface area contributed by atoms with E-state index in [1.54, 1.807) is 32.2 Å². The first kappa shape index (κ1) is 22.5. The summed E-state index contributed by atoms with van der Waals surface area (Å²) in [5.41, 5.74) is 10.7. The third-order valence-corrected chi connectivity index (χ3v) is 6.67. The van der Waals surface area contributed by atoms with Gasteiger partial charge in [-0.1, -0.05) is 37.8 Å². The number of rotatable bonds is 7. The number of allylic oxidation sites excluding steroid dienone is 4. The number of nitrogens with one attached hydrogen (secondary N) is 2. The van der Waals surface area contributed by atoms with Gasteiger partial charge in [0.25, 0.3) is 5.91 Å². The number of amides is 1. The fourth-order valence-electron chi connectivity index (χ4n) is 3.37. The molecule has 1 aliphatic rings. The highest BCUT2D eigenvalue weighted by Gasteiger charge is 2.18. The number of carbonyl (C=O) groups is 1. The Hall–Kier alpha value is -3.23. The van der Waals surface area contributed by atoms with Gasteiger partial charge in [0.15, 0.2) is 0 Å². The Morgan fingerprint density at radius 3 is 2.77 bits per heavy atom. The molecule has 0 saturated heterocycles. The highest BCUT2D eigenvalue weighted by atomic mass is 32.2. The molecule has 3 rings (SSSR count). The van der Waals surface area contributed by atoms with E-state index in [1.807, 2.05) is 18.2 Å². The summed E-state index contributed by atoms with van der Waals surface area (Å²) < 4.78 is 26.9. The number of hydrogen-bond donors (Lipinski definition) is 3. The van der Waals surface area contributed by atoms with Crippen LogP contribution in [0.5, 0.6) is 0 Å². The predicted molar refractivity (Wildman–Crippen MR) is 125 cm³/mol. The summed E-state index contributed by atoms with van der Waals surface area (Å²) in [6.07, 6.45) is 7.03. The first-order valence-electron chi connectivity index (χ1n) is 9.97. The van der Waals surface area contributed by atoms with Crippen LogP contribution in [0.2, 0.25) is 0 Å². The van der Waals surface area contributed by atoms with E-state index < -0.39 is 10.0 Å². The lowest BCUT2D eigenvalue weighted by Crippen LogP contribution is -2.31. The number of nitrogens with zero attached hydrogens (tertiary/aromatic N) is 1. The summed E-state index contributed by atoms with van der Waals surface area (Å²) in [6, 6.07) is 7.48. The molecule has 7 nitrogen and oxygen atoms in total. The minimum absolute atomic E-state index is 0.0709. The molecule has 31 heavy (non-hydrogen) atoms. The van der Waals surface area contributed by atoms with Crippen LogP contribution in [0.3, 0.4) is 0 Å². The number of pyridine rings is 1. The molecule has 2 aromatic rings. The van der Waals surface area contributed by atoms with Crippen molar-refractivity contribution in [3.8, 4) is 11.1 Å². The fraction of sp³-hybridized carbons (Fsp3) is 0.217.